The number of rotatable bonds is 10. The number of pyridine rings is 2. The molecule has 2 amide bonds. The second-order valence-electron chi connectivity index (χ2n) is 17.5. The molecule has 0 saturated carbocycles. The summed E-state index contributed by atoms with van der Waals surface area (Å²) in [4.78, 5) is 54.5. The number of amides is 2. The molecule has 1 aliphatic heterocycles. The molecule has 1 aliphatic rings. The van der Waals surface area contributed by atoms with Crippen LogP contribution in [0.3, 0.4) is 0 Å². The standard InChI is InChI=1S/C24H17F3N6O.C17H13N5O.C15H8F3NO3.CH4O.H4N2/c1-15(32-34-19-6-2-5-18(14-19)24(25,26)27)20-9-10-22-29-30-23(33(22)31-20)13-16-7-8-21-17(12-16)4-3-11-28-21;1-11(23)14-6-7-16-19-20-17(22(16)21-14)10-12-4-5-15-13(9-12)3-2-8-18-15;16-15(17,18)9-4-3-5-10(8-9)22-19-13(20)11-6-1-2-7-12(11)14(19)21;2*1-2/h2-12,14H,13H2,1H3;2-9H,10H2,1H3;1-8H;2H,1H3;1-2H2/b32-15+;;;;. The first-order valence-electron chi connectivity index (χ1n) is 24.6. The Balaban J connectivity index is 0.000000163. The number of aliphatic hydroxyl groups excluding tert-OH is 1. The van der Waals surface area contributed by atoms with Gasteiger partial charge in [-0.3, -0.25) is 36.0 Å². The van der Waals surface area contributed by atoms with Crippen LogP contribution < -0.4 is 21.4 Å². The lowest BCUT2D eigenvalue weighted by atomic mass is 10.1. The third-order valence-electron chi connectivity index (χ3n) is 12.0. The van der Waals surface area contributed by atoms with Gasteiger partial charge in [0.1, 0.15) is 17.1 Å². The number of benzene rings is 5. The molecule has 0 fully saturated rings. The first-order valence-corrected chi connectivity index (χ1v) is 24.6. The number of hydroxylamine groups is 2. The third kappa shape index (κ3) is 13.9. The van der Waals surface area contributed by atoms with Crippen LogP contribution in [0.5, 0.6) is 11.5 Å². The molecule has 20 nitrogen and oxygen atoms in total. The number of fused-ring (bicyclic) bond motifs is 5. The highest BCUT2D eigenvalue weighted by Gasteiger charge is 2.38. The Hall–Kier alpha value is -10.4. The van der Waals surface area contributed by atoms with Crippen molar-refractivity contribution < 1.29 is 55.5 Å². The van der Waals surface area contributed by atoms with Crippen molar-refractivity contribution in [1.29, 1.82) is 0 Å². The fraction of sp³-hybridized carbons (Fsp3) is 0.123. The fourth-order valence-corrected chi connectivity index (χ4v) is 8.08. The van der Waals surface area contributed by atoms with Crippen molar-refractivity contribution in [3.8, 4) is 11.5 Å². The van der Waals surface area contributed by atoms with Gasteiger partial charge < -0.3 is 14.8 Å². The number of aliphatic hydroxyl groups is 1. The minimum Gasteiger partial charge on any atom is -0.400 e. The van der Waals surface area contributed by atoms with Crippen LogP contribution in [0.1, 0.15) is 84.6 Å². The highest BCUT2D eigenvalue weighted by molar-refractivity contribution is 6.20. The number of imide groups is 1. The quantitative estimate of drug-likeness (QED) is 0.0287. The van der Waals surface area contributed by atoms with E-state index in [1.807, 2.05) is 54.6 Å². The number of carbonyl (C=O) groups is 3. The van der Waals surface area contributed by atoms with Crippen molar-refractivity contribution in [3.63, 3.8) is 0 Å². The summed E-state index contributed by atoms with van der Waals surface area (Å²) in [7, 11) is 1.00. The van der Waals surface area contributed by atoms with E-state index in [-0.39, 0.29) is 28.4 Å². The lowest BCUT2D eigenvalue weighted by Gasteiger charge is -2.15. The number of carbonyl (C=O) groups excluding carboxylic acids is 3. The topological polar surface area (TPSA) is 269 Å². The summed E-state index contributed by atoms with van der Waals surface area (Å²) >= 11 is 0. The van der Waals surface area contributed by atoms with Crippen LogP contribution in [0.25, 0.3) is 33.1 Å². The van der Waals surface area contributed by atoms with E-state index < -0.39 is 35.3 Å². The van der Waals surface area contributed by atoms with E-state index in [0.717, 1.165) is 70.4 Å². The predicted molar refractivity (Wildman–Crippen MR) is 290 cm³/mol. The lowest BCUT2D eigenvalue weighted by molar-refractivity contribution is -0.138. The van der Waals surface area contributed by atoms with Gasteiger partial charge in [0.15, 0.2) is 40.2 Å². The zero-order chi connectivity index (χ0) is 59.4. The van der Waals surface area contributed by atoms with E-state index in [1.54, 1.807) is 64.7 Å². The zero-order valence-electron chi connectivity index (χ0n) is 43.9. The fourth-order valence-electron chi connectivity index (χ4n) is 8.08. The molecule has 5 aromatic carbocycles. The molecular weight excluding hydrogens is 1090 g/mol. The molecule has 0 bridgehead atoms. The van der Waals surface area contributed by atoms with Crippen LogP contribution in [0.15, 0.2) is 175 Å². The molecule has 0 atom stereocenters. The molecule has 12 rings (SSSR count). The van der Waals surface area contributed by atoms with Crippen molar-refractivity contribution in [2.45, 2.75) is 39.0 Å². The summed E-state index contributed by atoms with van der Waals surface area (Å²) < 4.78 is 79.9. The molecule has 0 aliphatic carbocycles. The molecule has 11 aromatic rings. The normalized spacial score (nSPS) is 12.1. The SMILES string of the molecule is C/C(=N\Oc1cccc(C(F)(F)F)c1)c1ccc2nnc(Cc3ccc4ncccc4c3)n2n1.CC(=O)c1ccc2nnc(Cc3ccc4ncccc4c3)n2n1.CO.NN.O=C1c2ccccc2C(=O)N1Oc1cccc(C(F)(F)F)c1. The van der Waals surface area contributed by atoms with Crippen LogP contribution in [0.2, 0.25) is 0 Å². The van der Waals surface area contributed by atoms with Gasteiger partial charge in [0, 0.05) is 50.0 Å². The van der Waals surface area contributed by atoms with Crippen LogP contribution in [-0.2, 0) is 25.2 Å². The average Bonchev–Trinajstić information content (AvgIpc) is 4.30. The van der Waals surface area contributed by atoms with E-state index in [1.165, 1.54) is 37.3 Å². The predicted octanol–water partition coefficient (Wildman–Crippen LogP) is 9.27. The zero-order valence-corrected chi connectivity index (χ0v) is 43.9. The van der Waals surface area contributed by atoms with E-state index in [2.05, 4.69) is 63.5 Å². The molecule has 0 saturated heterocycles. The van der Waals surface area contributed by atoms with Gasteiger partial charge >= 0.3 is 12.4 Å². The number of hydrazine groups is 1. The number of hydrogen-bond donors (Lipinski definition) is 3. The number of aromatic nitrogens is 10. The summed E-state index contributed by atoms with van der Waals surface area (Å²) in [5, 5.41) is 39.1. The van der Waals surface area contributed by atoms with Crippen molar-refractivity contribution in [3.05, 3.63) is 227 Å². The Morgan fingerprint density at radius 2 is 1.02 bits per heavy atom. The van der Waals surface area contributed by atoms with E-state index in [0.29, 0.717) is 57.9 Å². The van der Waals surface area contributed by atoms with Gasteiger partial charge in [0.05, 0.1) is 33.3 Å². The molecule has 26 heteroatoms. The van der Waals surface area contributed by atoms with Crippen molar-refractivity contribution in [2.24, 2.45) is 16.8 Å². The maximum Gasteiger partial charge on any atom is 0.416 e. The van der Waals surface area contributed by atoms with Crippen LogP contribution in [-0.4, -0.2) is 90.2 Å². The summed E-state index contributed by atoms with van der Waals surface area (Å²) in [6.07, 6.45) is -4.39. The number of nitrogens with zero attached hydrogens (tertiary/aromatic N) is 12. The van der Waals surface area contributed by atoms with Gasteiger partial charge in [-0.1, -0.05) is 58.7 Å². The molecule has 7 heterocycles. The Bertz CT molecular complexity index is 4140. The third-order valence-corrected chi connectivity index (χ3v) is 12.0. The highest BCUT2D eigenvalue weighted by atomic mass is 19.4. The largest absolute Gasteiger partial charge is 0.416 e. The number of Topliss-reactive ketones (excluding diaryl/α,β-unsaturated/α-hetero) is 1. The van der Waals surface area contributed by atoms with Gasteiger partial charge in [0.2, 0.25) is 0 Å². The smallest absolute Gasteiger partial charge is 0.400 e. The summed E-state index contributed by atoms with van der Waals surface area (Å²) in [6, 6.07) is 41.3. The van der Waals surface area contributed by atoms with Crippen LogP contribution >= 0.6 is 0 Å². The molecule has 422 valence electrons. The highest BCUT2D eigenvalue weighted by Crippen LogP contribution is 2.33. The number of nitrogens with two attached hydrogens (primary N) is 2. The Morgan fingerprint density at radius 3 is 1.52 bits per heavy atom. The first kappa shape index (κ1) is 58.7. The maximum absolute atomic E-state index is 12.9. The Labute approximate surface area is 466 Å². The molecule has 83 heavy (non-hydrogen) atoms. The number of ketones is 1. The second kappa shape index (κ2) is 25.8. The van der Waals surface area contributed by atoms with E-state index >= 15 is 0 Å². The van der Waals surface area contributed by atoms with Crippen molar-refractivity contribution in [2.75, 3.05) is 7.11 Å². The monoisotopic (exact) mass is 1140 g/mol. The van der Waals surface area contributed by atoms with Gasteiger partial charge in [-0.05, 0) is 127 Å². The first-order chi connectivity index (χ1) is 39.9. The van der Waals surface area contributed by atoms with Crippen molar-refractivity contribution in [1.82, 2.24) is 54.7 Å². The Morgan fingerprint density at radius 1 is 0.554 bits per heavy atom. The summed E-state index contributed by atoms with van der Waals surface area (Å²) in [5.41, 5.74) is 5.01. The van der Waals surface area contributed by atoms with Gasteiger partial charge in [-0.25, -0.2) is 0 Å². The average molecular weight is 1140 g/mol. The van der Waals surface area contributed by atoms with E-state index in [9.17, 15) is 40.7 Å². The molecule has 0 radical (unpaired) electrons. The number of oxime groups is 1. The van der Waals surface area contributed by atoms with Gasteiger partial charge in [-0.15, -0.1) is 20.4 Å². The molecule has 5 N–H and O–H groups in total. The van der Waals surface area contributed by atoms with Gasteiger partial charge in [0.25, 0.3) is 11.8 Å². The summed E-state index contributed by atoms with van der Waals surface area (Å²) in [6.45, 7) is 3.15. The molecular formula is C57H46F6N14O6. The number of halogens is 6. The van der Waals surface area contributed by atoms with E-state index in [4.69, 9.17) is 14.8 Å². The summed E-state index contributed by atoms with van der Waals surface area (Å²) in [5.74, 6) is 7.56. The number of hydrogen-bond acceptors (Lipinski definition) is 17. The second-order valence-corrected chi connectivity index (χ2v) is 17.5. The Kier molecular flexibility index (Phi) is 18.2. The molecule has 0 spiro atoms. The minimum absolute atomic E-state index is 0.0222. The minimum atomic E-state index is -4.54. The maximum atomic E-state index is 12.9. The molecule has 0 unspecified atom stereocenters. The van der Waals surface area contributed by atoms with Gasteiger partial charge in [-0.2, -0.15) is 45.6 Å². The molecule has 6 aromatic heterocycles. The lowest BCUT2D eigenvalue weighted by Crippen LogP contribution is -2.33. The van der Waals surface area contributed by atoms with Crippen LogP contribution in [0, 0.1) is 0 Å². The number of alkyl halides is 6. The van der Waals surface area contributed by atoms with Crippen molar-refractivity contribution >= 4 is 56.4 Å². The van der Waals surface area contributed by atoms with Crippen LogP contribution in [0.4, 0.5) is 26.3 Å².